The summed E-state index contributed by atoms with van der Waals surface area (Å²) >= 11 is 0. The molecule has 4 nitrogen and oxygen atoms in total. The van der Waals surface area contributed by atoms with Gasteiger partial charge in [-0.3, -0.25) is 4.79 Å². The maximum atomic E-state index is 11.2. The van der Waals surface area contributed by atoms with Crippen LogP contribution in [0.15, 0.2) is 42.5 Å². The van der Waals surface area contributed by atoms with E-state index < -0.39 is 0 Å². The number of Topliss-reactive ketones (excluding diaryl/α,β-unsaturated/α-hetero) is 1. The largest absolute Gasteiger partial charge is 0.351 e. The smallest absolute Gasteiger partial charge is 0.180 e. The van der Waals surface area contributed by atoms with Crippen LogP contribution in [0.25, 0.3) is 5.57 Å². The number of aryl methyl sites for hydroxylation is 1. The summed E-state index contributed by atoms with van der Waals surface area (Å²) in [5, 5.41) is 8.14. The van der Waals surface area contributed by atoms with E-state index >= 15 is 0 Å². The molecule has 0 N–H and O–H groups in total. The SMILES string of the molecule is CC(=O)c1ccc(N2CC=C(c3cccc(C)c3)CC2)nn1. The van der Waals surface area contributed by atoms with Crippen LogP contribution in [0.2, 0.25) is 0 Å². The Balaban J connectivity index is 1.74. The van der Waals surface area contributed by atoms with Crippen LogP contribution in [0.1, 0.15) is 35.0 Å². The van der Waals surface area contributed by atoms with Crippen LogP contribution in [0.3, 0.4) is 0 Å². The quantitative estimate of drug-likeness (QED) is 0.815. The molecule has 1 aromatic carbocycles. The molecule has 0 aliphatic carbocycles. The van der Waals surface area contributed by atoms with Gasteiger partial charge in [0.25, 0.3) is 0 Å². The Morgan fingerprint density at radius 1 is 1.18 bits per heavy atom. The number of carbonyl (C=O) groups excluding carboxylic acids is 1. The topological polar surface area (TPSA) is 46.1 Å². The van der Waals surface area contributed by atoms with Gasteiger partial charge in [-0.1, -0.05) is 35.9 Å². The highest BCUT2D eigenvalue weighted by Gasteiger charge is 2.15. The normalized spacial score (nSPS) is 14.6. The molecule has 1 aliphatic rings. The second kappa shape index (κ2) is 6.10. The third-order valence-corrected chi connectivity index (χ3v) is 3.93. The highest BCUT2D eigenvalue weighted by Crippen LogP contribution is 2.25. The second-order valence-corrected chi connectivity index (χ2v) is 5.63. The van der Waals surface area contributed by atoms with E-state index in [2.05, 4.69) is 52.4 Å². The van der Waals surface area contributed by atoms with Crippen LogP contribution < -0.4 is 4.90 Å². The molecule has 22 heavy (non-hydrogen) atoms. The van der Waals surface area contributed by atoms with Gasteiger partial charge in [0.05, 0.1) is 0 Å². The Morgan fingerprint density at radius 2 is 2.05 bits per heavy atom. The lowest BCUT2D eigenvalue weighted by atomic mass is 9.98. The third-order valence-electron chi connectivity index (χ3n) is 3.93. The Labute approximate surface area is 130 Å². The lowest BCUT2D eigenvalue weighted by molar-refractivity contribution is 0.101. The van der Waals surface area contributed by atoms with Crippen molar-refractivity contribution in [2.45, 2.75) is 20.3 Å². The van der Waals surface area contributed by atoms with Gasteiger partial charge in [-0.2, -0.15) is 0 Å². The zero-order valence-electron chi connectivity index (χ0n) is 12.9. The predicted molar refractivity (Wildman–Crippen MR) is 88.0 cm³/mol. The van der Waals surface area contributed by atoms with Crippen LogP contribution in [0, 0.1) is 6.92 Å². The van der Waals surface area contributed by atoms with Gasteiger partial charge in [-0.25, -0.2) is 0 Å². The minimum atomic E-state index is -0.0562. The van der Waals surface area contributed by atoms with Gasteiger partial charge in [0.15, 0.2) is 11.6 Å². The molecule has 0 amide bonds. The molecule has 2 aromatic rings. The van der Waals surface area contributed by atoms with Crippen LogP contribution in [-0.2, 0) is 0 Å². The number of anilines is 1. The van der Waals surface area contributed by atoms with Crippen LogP contribution in [-0.4, -0.2) is 29.1 Å². The summed E-state index contributed by atoms with van der Waals surface area (Å²) in [7, 11) is 0. The van der Waals surface area contributed by atoms with Crippen molar-refractivity contribution in [2.75, 3.05) is 18.0 Å². The molecule has 1 aromatic heterocycles. The van der Waals surface area contributed by atoms with Crippen molar-refractivity contribution < 1.29 is 4.79 Å². The summed E-state index contributed by atoms with van der Waals surface area (Å²) in [5.74, 6) is 0.767. The van der Waals surface area contributed by atoms with E-state index in [0.29, 0.717) is 5.69 Å². The van der Waals surface area contributed by atoms with Crippen molar-refractivity contribution in [2.24, 2.45) is 0 Å². The fourth-order valence-corrected chi connectivity index (χ4v) is 2.67. The molecule has 112 valence electrons. The second-order valence-electron chi connectivity index (χ2n) is 5.63. The summed E-state index contributed by atoms with van der Waals surface area (Å²) in [5.41, 5.74) is 4.38. The van der Waals surface area contributed by atoms with Gasteiger partial charge in [0.2, 0.25) is 0 Å². The summed E-state index contributed by atoms with van der Waals surface area (Å²) in [6.45, 7) is 5.35. The molecule has 4 heteroatoms. The third kappa shape index (κ3) is 3.06. The molecule has 0 radical (unpaired) electrons. The molecule has 0 saturated carbocycles. The Kier molecular flexibility index (Phi) is 4.00. The summed E-state index contributed by atoms with van der Waals surface area (Å²) in [6, 6.07) is 12.2. The number of aromatic nitrogens is 2. The standard InChI is InChI=1S/C18H19N3O/c1-13-4-3-5-16(12-13)15-8-10-21(11-9-15)18-7-6-17(14(2)22)19-20-18/h3-8,12H,9-11H2,1-2H3. The van der Waals surface area contributed by atoms with Crippen molar-refractivity contribution >= 4 is 17.2 Å². The summed E-state index contributed by atoms with van der Waals surface area (Å²) in [4.78, 5) is 13.4. The van der Waals surface area contributed by atoms with E-state index in [1.165, 1.54) is 23.6 Å². The first kappa shape index (κ1) is 14.4. The van der Waals surface area contributed by atoms with Gasteiger partial charge in [-0.05, 0) is 36.6 Å². The first-order valence-corrected chi connectivity index (χ1v) is 7.49. The molecule has 1 aliphatic heterocycles. The van der Waals surface area contributed by atoms with Crippen LogP contribution >= 0.6 is 0 Å². The van der Waals surface area contributed by atoms with E-state index in [1.807, 2.05) is 6.07 Å². The van der Waals surface area contributed by atoms with Crippen molar-refractivity contribution in [3.05, 3.63) is 59.3 Å². The fraction of sp³-hybridized carbons (Fsp3) is 0.278. The van der Waals surface area contributed by atoms with Gasteiger partial charge >= 0.3 is 0 Å². The molecule has 0 saturated heterocycles. The Hall–Kier alpha value is -2.49. The number of carbonyl (C=O) groups is 1. The van der Waals surface area contributed by atoms with Crippen molar-refractivity contribution in [1.82, 2.24) is 10.2 Å². The predicted octanol–water partition coefficient (Wildman–Crippen LogP) is 3.28. The number of hydrogen-bond donors (Lipinski definition) is 0. The number of benzene rings is 1. The van der Waals surface area contributed by atoms with Crippen molar-refractivity contribution in [3.63, 3.8) is 0 Å². The van der Waals surface area contributed by atoms with Gasteiger partial charge < -0.3 is 4.90 Å². The molecule has 2 heterocycles. The number of hydrogen-bond acceptors (Lipinski definition) is 4. The van der Waals surface area contributed by atoms with Crippen molar-refractivity contribution in [1.29, 1.82) is 0 Å². The zero-order chi connectivity index (χ0) is 15.5. The maximum Gasteiger partial charge on any atom is 0.180 e. The molecular weight excluding hydrogens is 274 g/mol. The first-order valence-electron chi connectivity index (χ1n) is 7.49. The van der Waals surface area contributed by atoms with E-state index in [4.69, 9.17) is 0 Å². The molecule has 0 atom stereocenters. The van der Waals surface area contributed by atoms with Crippen LogP contribution in [0.4, 0.5) is 5.82 Å². The minimum Gasteiger partial charge on any atom is -0.351 e. The monoisotopic (exact) mass is 293 g/mol. The van der Waals surface area contributed by atoms with E-state index in [1.54, 1.807) is 6.07 Å². The van der Waals surface area contributed by atoms with Crippen LogP contribution in [0.5, 0.6) is 0 Å². The molecule has 0 bridgehead atoms. The van der Waals surface area contributed by atoms with E-state index in [0.717, 1.165) is 25.3 Å². The van der Waals surface area contributed by atoms with E-state index in [-0.39, 0.29) is 5.78 Å². The molecule has 0 unspecified atom stereocenters. The molecular formula is C18H19N3O. The number of rotatable bonds is 3. The summed E-state index contributed by atoms with van der Waals surface area (Å²) in [6.07, 6.45) is 3.23. The average Bonchev–Trinajstić information content (AvgIpc) is 2.55. The maximum absolute atomic E-state index is 11.2. The Morgan fingerprint density at radius 3 is 2.64 bits per heavy atom. The lowest BCUT2D eigenvalue weighted by Crippen LogP contribution is -2.29. The average molecular weight is 293 g/mol. The highest BCUT2D eigenvalue weighted by molar-refractivity contribution is 5.91. The van der Waals surface area contributed by atoms with Crippen molar-refractivity contribution in [3.8, 4) is 0 Å². The van der Waals surface area contributed by atoms with Gasteiger partial charge in [0.1, 0.15) is 5.69 Å². The van der Waals surface area contributed by atoms with Gasteiger partial charge in [-0.15, -0.1) is 10.2 Å². The molecule has 0 fully saturated rings. The van der Waals surface area contributed by atoms with E-state index in [9.17, 15) is 4.79 Å². The van der Waals surface area contributed by atoms with Gasteiger partial charge in [0, 0.05) is 20.0 Å². The molecule has 0 spiro atoms. The first-order chi connectivity index (χ1) is 10.6. The fourth-order valence-electron chi connectivity index (χ4n) is 2.67. The molecule has 3 rings (SSSR count). The minimum absolute atomic E-state index is 0.0562. The lowest BCUT2D eigenvalue weighted by Gasteiger charge is -2.27. The number of nitrogens with zero attached hydrogens (tertiary/aromatic N) is 3. The zero-order valence-corrected chi connectivity index (χ0v) is 12.9. The number of ketones is 1. The highest BCUT2D eigenvalue weighted by atomic mass is 16.1. The Bertz CT molecular complexity index is 719. The summed E-state index contributed by atoms with van der Waals surface area (Å²) < 4.78 is 0.